The van der Waals surface area contributed by atoms with Crippen LogP contribution in [0.25, 0.3) is 0 Å². The number of rotatable bonds is 5. The normalized spacial score (nSPS) is 11.9. The smallest absolute Gasteiger partial charge is 0.161 e. The minimum atomic E-state index is -0.110. The molecule has 0 amide bonds. The molecular formula is C16H18O3. The van der Waals surface area contributed by atoms with E-state index in [4.69, 9.17) is 14.2 Å². The van der Waals surface area contributed by atoms with E-state index >= 15 is 0 Å². The Morgan fingerprint density at radius 2 is 1.42 bits per heavy atom. The van der Waals surface area contributed by atoms with Gasteiger partial charge < -0.3 is 14.2 Å². The van der Waals surface area contributed by atoms with E-state index in [9.17, 15) is 0 Å². The third-order valence-corrected chi connectivity index (χ3v) is 3.05. The molecule has 2 rings (SSSR count). The standard InChI is InChI=1S/C16H18O3/c1-17-14-10-9-13(11-15(14)18-2)16(19-3)12-7-5-4-6-8-12/h4-11,16H,1-3H3. The van der Waals surface area contributed by atoms with E-state index in [0.29, 0.717) is 11.5 Å². The highest BCUT2D eigenvalue weighted by Crippen LogP contribution is 2.33. The van der Waals surface area contributed by atoms with Gasteiger partial charge in [-0.3, -0.25) is 0 Å². The predicted molar refractivity (Wildman–Crippen MR) is 74.8 cm³/mol. The van der Waals surface area contributed by atoms with Gasteiger partial charge in [-0.2, -0.15) is 0 Å². The highest BCUT2D eigenvalue weighted by Gasteiger charge is 2.15. The molecule has 0 saturated heterocycles. The first-order chi connectivity index (χ1) is 9.30. The van der Waals surface area contributed by atoms with Crippen LogP contribution in [0.5, 0.6) is 11.5 Å². The second-order valence-corrected chi connectivity index (χ2v) is 4.14. The maximum Gasteiger partial charge on any atom is 0.161 e. The fourth-order valence-electron chi connectivity index (χ4n) is 2.11. The van der Waals surface area contributed by atoms with Crippen LogP contribution in [0.1, 0.15) is 17.2 Å². The van der Waals surface area contributed by atoms with Gasteiger partial charge in [-0.1, -0.05) is 36.4 Å². The molecule has 0 aliphatic carbocycles. The van der Waals surface area contributed by atoms with E-state index in [1.807, 2.05) is 48.5 Å². The van der Waals surface area contributed by atoms with Crippen molar-refractivity contribution in [2.24, 2.45) is 0 Å². The molecule has 3 heteroatoms. The molecular weight excluding hydrogens is 240 g/mol. The van der Waals surface area contributed by atoms with Gasteiger partial charge in [-0.15, -0.1) is 0 Å². The van der Waals surface area contributed by atoms with Crippen molar-refractivity contribution >= 4 is 0 Å². The Morgan fingerprint density at radius 3 is 2.00 bits per heavy atom. The van der Waals surface area contributed by atoms with E-state index in [2.05, 4.69) is 0 Å². The van der Waals surface area contributed by atoms with Crippen molar-refractivity contribution in [3.63, 3.8) is 0 Å². The van der Waals surface area contributed by atoms with Crippen LogP contribution < -0.4 is 9.47 Å². The van der Waals surface area contributed by atoms with Crippen molar-refractivity contribution < 1.29 is 14.2 Å². The zero-order valence-electron chi connectivity index (χ0n) is 11.4. The van der Waals surface area contributed by atoms with Crippen LogP contribution in [0.4, 0.5) is 0 Å². The summed E-state index contributed by atoms with van der Waals surface area (Å²) in [6, 6.07) is 15.9. The van der Waals surface area contributed by atoms with E-state index < -0.39 is 0 Å². The van der Waals surface area contributed by atoms with Gasteiger partial charge in [0.15, 0.2) is 11.5 Å². The SMILES string of the molecule is COc1ccc(C(OC)c2ccccc2)cc1OC. The zero-order valence-corrected chi connectivity index (χ0v) is 11.4. The van der Waals surface area contributed by atoms with Crippen LogP contribution in [0.3, 0.4) is 0 Å². The second-order valence-electron chi connectivity index (χ2n) is 4.14. The van der Waals surface area contributed by atoms with Crippen LogP contribution in [-0.4, -0.2) is 21.3 Å². The summed E-state index contributed by atoms with van der Waals surface area (Å²) in [5.74, 6) is 1.42. The highest BCUT2D eigenvalue weighted by molar-refractivity contribution is 5.45. The molecule has 0 bridgehead atoms. The molecule has 0 spiro atoms. The maximum atomic E-state index is 5.60. The maximum absolute atomic E-state index is 5.60. The minimum absolute atomic E-state index is 0.110. The van der Waals surface area contributed by atoms with Crippen molar-refractivity contribution in [1.82, 2.24) is 0 Å². The Balaban J connectivity index is 2.39. The van der Waals surface area contributed by atoms with Gasteiger partial charge >= 0.3 is 0 Å². The molecule has 100 valence electrons. The molecule has 0 N–H and O–H groups in total. The largest absolute Gasteiger partial charge is 0.493 e. The minimum Gasteiger partial charge on any atom is -0.493 e. The molecule has 2 aromatic carbocycles. The lowest BCUT2D eigenvalue weighted by Crippen LogP contribution is -2.04. The third kappa shape index (κ3) is 2.88. The molecule has 2 aromatic rings. The number of methoxy groups -OCH3 is 3. The number of benzene rings is 2. The van der Waals surface area contributed by atoms with E-state index in [-0.39, 0.29) is 6.10 Å². The van der Waals surface area contributed by atoms with Crippen molar-refractivity contribution in [2.75, 3.05) is 21.3 Å². The first-order valence-electron chi connectivity index (χ1n) is 6.09. The number of hydrogen-bond donors (Lipinski definition) is 0. The van der Waals surface area contributed by atoms with Gasteiger partial charge in [0.1, 0.15) is 6.10 Å². The van der Waals surface area contributed by atoms with E-state index in [1.165, 1.54) is 0 Å². The first kappa shape index (κ1) is 13.4. The Kier molecular flexibility index (Phi) is 4.42. The van der Waals surface area contributed by atoms with Gasteiger partial charge in [-0.05, 0) is 23.3 Å². The summed E-state index contributed by atoms with van der Waals surface area (Å²) >= 11 is 0. The molecule has 0 fully saturated rings. The van der Waals surface area contributed by atoms with Crippen LogP contribution >= 0.6 is 0 Å². The Hall–Kier alpha value is -2.00. The molecule has 0 saturated carbocycles. The van der Waals surface area contributed by atoms with Crippen molar-refractivity contribution in [1.29, 1.82) is 0 Å². The van der Waals surface area contributed by atoms with Crippen LogP contribution in [0.2, 0.25) is 0 Å². The van der Waals surface area contributed by atoms with Gasteiger partial charge in [-0.25, -0.2) is 0 Å². The lowest BCUT2D eigenvalue weighted by molar-refractivity contribution is 0.136. The summed E-state index contributed by atoms with van der Waals surface area (Å²) in [5, 5.41) is 0. The summed E-state index contributed by atoms with van der Waals surface area (Å²) in [6.45, 7) is 0. The molecule has 1 unspecified atom stereocenters. The Morgan fingerprint density at radius 1 is 0.737 bits per heavy atom. The lowest BCUT2D eigenvalue weighted by atomic mass is 10.0. The van der Waals surface area contributed by atoms with Gasteiger partial charge in [0.2, 0.25) is 0 Å². The van der Waals surface area contributed by atoms with Crippen molar-refractivity contribution in [3.8, 4) is 11.5 Å². The average molecular weight is 258 g/mol. The molecule has 0 heterocycles. The fraction of sp³-hybridized carbons (Fsp3) is 0.250. The second kappa shape index (κ2) is 6.25. The summed E-state index contributed by atoms with van der Waals surface area (Å²) in [7, 11) is 4.96. The Bertz CT molecular complexity index is 523. The topological polar surface area (TPSA) is 27.7 Å². The van der Waals surface area contributed by atoms with Crippen molar-refractivity contribution in [3.05, 3.63) is 59.7 Å². The Labute approximate surface area is 113 Å². The zero-order chi connectivity index (χ0) is 13.7. The van der Waals surface area contributed by atoms with Gasteiger partial charge in [0.05, 0.1) is 14.2 Å². The van der Waals surface area contributed by atoms with Crippen LogP contribution in [0.15, 0.2) is 48.5 Å². The first-order valence-corrected chi connectivity index (χ1v) is 6.09. The summed E-state index contributed by atoms with van der Waals surface area (Å²) in [6.07, 6.45) is -0.110. The lowest BCUT2D eigenvalue weighted by Gasteiger charge is -2.18. The molecule has 0 aromatic heterocycles. The van der Waals surface area contributed by atoms with E-state index in [0.717, 1.165) is 11.1 Å². The third-order valence-electron chi connectivity index (χ3n) is 3.05. The molecule has 0 aliphatic rings. The predicted octanol–water partition coefficient (Wildman–Crippen LogP) is 3.44. The average Bonchev–Trinajstić information content (AvgIpc) is 2.49. The molecule has 0 aliphatic heterocycles. The van der Waals surface area contributed by atoms with E-state index in [1.54, 1.807) is 21.3 Å². The van der Waals surface area contributed by atoms with Crippen molar-refractivity contribution in [2.45, 2.75) is 6.10 Å². The summed E-state index contributed by atoms with van der Waals surface area (Å²) in [4.78, 5) is 0. The molecule has 19 heavy (non-hydrogen) atoms. The molecule has 3 nitrogen and oxygen atoms in total. The summed E-state index contributed by atoms with van der Waals surface area (Å²) < 4.78 is 16.2. The summed E-state index contributed by atoms with van der Waals surface area (Å²) in [5.41, 5.74) is 2.14. The number of ether oxygens (including phenoxy) is 3. The van der Waals surface area contributed by atoms with Crippen LogP contribution in [0, 0.1) is 0 Å². The number of hydrogen-bond acceptors (Lipinski definition) is 3. The van der Waals surface area contributed by atoms with Gasteiger partial charge in [0.25, 0.3) is 0 Å². The molecule has 1 atom stereocenters. The monoisotopic (exact) mass is 258 g/mol. The highest BCUT2D eigenvalue weighted by atomic mass is 16.5. The fourth-order valence-corrected chi connectivity index (χ4v) is 2.11. The quantitative estimate of drug-likeness (QED) is 0.822. The van der Waals surface area contributed by atoms with Crippen LogP contribution in [-0.2, 0) is 4.74 Å². The van der Waals surface area contributed by atoms with Gasteiger partial charge in [0, 0.05) is 7.11 Å². The molecule has 0 radical (unpaired) electrons.